The molecular formula is C14H22N2O. The maximum absolute atomic E-state index is 5.73. The van der Waals surface area contributed by atoms with Gasteiger partial charge in [-0.2, -0.15) is 0 Å². The molecule has 0 spiro atoms. The molecule has 1 heterocycles. The predicted molar refractivity (Wildman–Crippen MR) is 70.2 cm³/mol. The van der Waals surface area contributed by atoms with Crippen molar-refractivity contribution in [1.82, 2.24) is 4.98 Å². The Balaban J connectivity index is 1.98. The number of aromatic nitrogens is 1. The van der Waals surface area contributed by atoms with E-state index in [1.165, 1.54) is 5.56 Å². The summed E-state index contributed by atoms with van der Waals surface area (Å²) in [5.41, 5.74) is 2.49. The predicted octanol–water partition coefficient (Wildman–Crippen LogP) is 3.01. The zero-order chi connectivity index (χ0) is 12.5. The van der Waals surface area contributed by atoms with E-state index in [2.05, 4.69) is 44.1 Å². The van der Waals surface area contributed by atoms with Crippen molar-refractivity contribution in [2.75, 3.05) is 11.9 Å². The molecule has 2 rings (SSSR count). The highest BCUT2D eigenvalue weighted by atomic mass is 16.5. The molecule has 0 radical (unpaired) electrons. The van der Waals surface area contributed by atoms with Crippen LogP contribution in [-0.4, -0.2) is 23.7 Å². The normalized spacial score (nSPS) is 26.4. The molecule has 1 fully saturated rings. The Kier molecular flexibility index (Phi) is 3.38. The van der Waals surface area contributed by atoms with Crippen LogP contribution in [0.2, 0.25) is 0 Å². The van der Waals surface area contributed by atoms with Gasteiger partial charge in [-0.3, -0.25) is 4.98 Å². The molecule has 3 heteroatoms. The minimum Gasteiger partial charge on any atom is -0.380 e. The van der Waals surface area contributed by atoms with E-state index in [4.69, 9.17) is 4.74 Å². The number of nitrogens with zero attached hydrogens (tertiary/aromatic N) is 1. The van der Waals surface area contributed by atoms with Crippen LogP contribution < -0.4 is 5.32 Å². The van der Waals surface area contributed by atoms with E-state index in [0.29, 0.717) is 12.1 Å². The topological polar surface area (TPSA) is 34.1 Å². The Labute approximate surface area is 104 Å². The summed E-state index contributed by atoms with van der Waals surface area (Å²) in [7, 11) is 0. The van der Waals surface area contributed by atoms with Gasteiger partial charge in [0.15, 0.2) is 0 Å². The molecule has 0 amide bonds. The standard InChI is InChI=1S/C14H22N2O/c1-5-17-13-7-12(14(13,3)4)16-11-6-10(2)8-15-9-11/h6,8-9,12-13,16H,5,7H2,1-4H3. The summed E-state index contributed by atoms with van der Waals surface area (Å²) in [5.74, 6) is 0. The van der Waals surface area contributed by atoms with Gasteiger partial charge < -0.3 is 10.1 Å². The van der Waals surface area contributed by atoms with E-state index >= 15 is 0 Å². The number of rotatable bonds is 4. The molecule has 1 aliphatic rings. The zero-order valence-electron chi connectivity index (χ0n) is 11.2. The van der Waals surface area contributed by atoms with Gasteiger partial charge in [0, 0.05) is 30.5 Å². The Morgan fingerprint density at radius 2 is 2.24 bits per heavy atom. The van der Waals surface area contributed by atoms with Crippen LogP contribution >= 0.6 is 0 Å². The van der Waals surface area contributed by atoms with E-state index in [1.807, 2.05) is 12.4 Å². The average molecular weight is 234 g/mol. The van der Waals surface area contributed by atoms with Crippen LogP contribution in [0, 0.1) is 12.3 Å². The number of hydrogen-bond acceptors (Lipinski definition) is 3. The first-order valence-electron chi connectivity index (χ1n) is 6.34. The Morgan fingerprint density at radius 3 is 2.82 bits per heavy atom. The second kappa shape index (κ2) is 4.65. The molecule has 1 saturated carbocycles. The highest BCUT2D eigenvalue weighted by Crippen LogP contribution is 2.44. The van der Waals surface area contributed by atoms with Gasteiger partial charge in [-0.25, -0.2) is 0 Å². The molecule has 0 aliphatic heterocycles. The van der Waals surface area contributed by atoms with E-state index in [0.717, 1.165) is 18.7 Å². The summed E-state index contributed by atoms with van der Waals surface area (Å²) < 4.78 is 5.73. The van der Waals surface area contributed by atoms with Crippen molar-refractivity contribution in [3.05, 3.63) is 24.0 Å². The number of anilines is 1. The molecule has 2 unspecified atom stereocenters. The number of nitrogens with one attached hydrogen (secondary N) is 1. The van der Waals surface area contributed by atoms with Crippen molar-refractivity contribution in [2.45, 2.75) is 46.3 Å². The highest BCUT2D eigenvalue weighted by Gasteiger charge is 2.48. The Hall–Kier alpha value is -1.09. The van der Waals surface area contributed by atoms with Crippen LogP contribution in [0.1, 0.15) is 32.8 Å². The van der Waals surface area contributed by atoms with Crippen LogP contribution in [0.3, 0.4) is 0 Å². The minimum atomic E-state index is 0.194. The molecule has 0 saturated heterocycles. The lowest BCUT2D eigenvalue weighted by Crippen LogP contribution is -2.58. The third-order valence-electron chi connectivity index (χ3n) is 3.76. The first-order chi connectivity index (χ1) is 8.04. The van der Waals surface area contributed by atoms with Crippen molar-refractivity contribution < 1.29 is 4.74 Å². The SMILES string of the molecule is CCOC1CC(Nc2cncc(C)c2)C1(C)C. The van der Waals surface area contributed by atoms with E-state index in [9.17, 15) is 0 Å². The van der Waals surface area contributed by atoms with E-state index in [-0.39, 0.29) is 5.41 Å². The van der Waals surface area contributed by atoms with E-state index < -0.39 is 0 Å². The molecule has 0 bridgehead atoms. The summed E-state index contributed by atoms with van der Waals surface area (Å²) in [6.07, 6.45) is 5.22. The van der Waals surface area contributed by atoms with Crippen LogP contribution in [0.15, 0.2) is 18.5 Å². The summed E-state index contributed by atoms with van der Waals surface area (Å²) in [5, 5.41) is 3.56. The van der Waals surface area contributed by atoms with Gasteiger partial charge in [-0.05, 0) is 31.9 Å². The van der Waals surface area contributed by atoms with Gasteiger partial charge in [0.1, 0.15) is 0 Å². The summed E-state index contributed by atoms with van der Waals surface area (Å²) in [6.45, 7) is 9.44. The van der Waals surface area contributed by atoms with Crippen LogP contribution in [0.25, 0.3) is 0 Å². The molecule has 3 nitrogen and oxygen atoms in total. The lowest BCUT2D eigenvalue weighted by Gasteiger charge is -2.52. The van der Waals surface area contributed by atoms with Gasteiger partial charge in [0.25, 0.3) is 0 Å². The highest BCUT2D eigenvalue weighted by molar-refractivity contribution is 5.44. The van der Waals surface area contributed by atoms with Crippen molar-refractivity contribution >= 4 is 5.69 Å². The third kappa shape index (κ3) is 2.44. The van der Waals surface area contributed by atoms with Crippen molar-refractivity contribution in [3.8, 4) is 0 Å². The Morgan fingerprint density at radius 1 is 1.47 bits per heavy atom. The summed E-state index contributed by atoms with van der Waals surface area (Å²) in [6, 6.07) is 2.61. The van der Waals surface area contributed by atoms with Crippen molar-refractivity contribution in [2.24, 2.45) is 5.41 Å². The second-order valence-corrected chi connectivity index (χ2v) is 5.45. The third-order valence-corrected chi connectivity index (χ3v) is 3.76. The smallest absolute Gasteiger partial charge is 0.0665 e. The number of pyridine rings is 1. The lowest BCUT2D eigenvalue weighted by molar-refractivity contribution is -0.0976. The number of ether oxygens (including phenoxy) is 1. The maximum Gasteiger partial charge on any atom is 0.0665 e. The van der Waals surface area contributed by atoms with Crippen molar-refractivity contribution in [3.63, 3.8) is 0 Å². The molecule has 94 valence electrons. The fourth-order valence-electron chi connectivity index (χ4n) is 2.45. The minimum absolute atomic E-state index is 0.194. The second-order valence-electron chi connectivity index (χ2n) is 5.45. The molecule has 1 aromatic heterocycles. The molecule has 1 aliphatic carbocycles. The van der Waals surface area contributed by atoms with Gasteiger partial charge in [0.05, 0.1) is 11.8 Å². The lowest BCUT2D eigenvalue weighted by atomic mass is 9.64. The van der Waals surface area contributed by atoms with Gasteiger partial charge in [-0.1, -0.05) is 13.8 Å². The quantitative estimate of drug-likeness (QED) is 0.869. The number of aryl methyl sites for hydroxylation is 1. The summed E-state index contributed by atoms with van der Waals surface area (Å²) in [4.78, 5) is 4.21. The first kappa shape index (κ1) is 12.4. The van der Waals surface area contributed by atoms with Crippen molar-refractivity contribution in [1.29, 1.82) is 0 Å². The molecule has 0 aromatic carbocycles. The van der Waals surface area contributed by atoms with Crippen LogP contribution in [-0.2, 0) is 4.74 Å². The average Bonchev–Trinajstić information content (AvgIpc) is 2.28. The van der Waals surface area contributed by atoms with E-state index in [1.54, 1.807) is 0 Å². The zero-order valence-corrected chi connectivity index (χ0v) is 11.2. The fraction of sp³-hybridized carbons (Fsp3) is 0.643. The van der Waals surface area contributed by atoms with Gasteiger partial charge >= 0.3 is 0 Å². The van der Waals surface area contributed by atoms with Crippen LogP contribution in [0.4, 0.5) is 5.69 Å². The summed E-state index contributed by atoms with van der Waals surface area (Å²) >= 11 is 0. The van der Waals surface area contributed by atoms with Gasteiger partial charge in [0.2, 0.25) is 0 Å². The molecule has 17 heavy (non-hydrogen) atoms. The number of hydrogen-bond donors (Lipinski definition) is 1. The largest absolute Gasteiger partial charge is 0.380 e. The Bertz CT molecular complexity index is 390. The van der Waals surface area contributed by atoms with Crippen LogP contribution in [0.5, 0.6) is 0 Å². The molecule has 2 atom stereocenters. The molecule has 1 N–H and O–H groups in total. The molecular weight excluding hydrogens is 212 g/mol. The van der Waals surface area contributed by atoms with Gasteiger partial charge in [-0.15, -0.1) is 0 Å². The monoisotopic (exact) mass is 234 g/mol. The fourth-order valence-corrected chi connectivity index (χ4v) is 2.45. The first-order valence-corrected chi connectivity index (χ1v) is 6.34. The molecule has 1 aromatic rings. The maximum atomic E-state index is 5.73.